The van der Waals surface area contributed by atoms with Crippen molar-refractivity contribution in [1.29, 1.82) is 0 Å². The number of rotatable bonds is 15. The zero-order valence-electron chi connectivity index (χ0n) is 22.7. The Labute approximate surface area is 212 Å². The largest absolute Gasteiger partial charge is 0.444 e. The summed E-state index contributed by atoms with van der Waals surface area (Å²) in [5.74, 6) is -0.498. The molecule has 35 heavy (non-hydrogen) atoms. The van der Waals surface area contributed by atoms with Crippen molar-refractivity contribution in [3.63, 3.8) is 0 Å². The summed E-state index contributed by atoms with van der Waals surface area (Å²) >= 11 is 0. The average Bonchev–Trinajstić information content (AvgIpc) is 2.78. The fourth-order valence-corrected chi connectivity index (χ4v) is 3.82. The van der Waals surface area contributed by atoms with Gasteiger partial charge in [-0.25, -0.2) is 4.79 Å². The zero-order chi connectivity index (χ0) is 26.3. The minimum absolute atomic E-state index is 0.194. The lowest BCUT2D eigenvalue weighted by Gasteiger charge is -2.32. The molecular formula is C28H47N3O4. The highest BCUT2D eigenvalue weighted by Crippen LogP contribution is 2.24. The van der Waals surface area contributed by atoms with Gasteiger partial charge in [-0.05, 0) is 46.1 Å². The molecule has 1 atom stereocenters. The van der Waals surface area contributed by atoms with Gasteiger partial charge in [0.2, 0.25) is 11.8 Å². The Bertz CT molecular complexity index is 789. The van der Waals surface area contributed by atoms with E-state index in [2.05, 4.69) is 24.5 Å². The van der Waals surface area contributed by atoms with Gasteiger partial charge in [-0.3, -0.25) is 9.59 Å². The van der Waals surface area contributed by atoms with Crippen molar-refractivity contribution in [1.82, 2.24) is 15.5 Å². The van der Waals surface area contributed by atoms with Crippen LogP contribution in [0.1, 0.15) is 103 Å². The van der Waals surface area contributed by atoms with Crippen molar-refractivity contribution >= 4 is 17.9 Å². The first-order valence-corrected chi connectivity index (χ1v) is 13.2. The molecule has 1 rings (SSSR count). The first-order chi connectivity index (χ1) is 16.6. The van der Waals surface area contributed by atoms with Crippen LogP contribution in [0.4, 0.5) is 4.79 Å². The van der Waals surface area contributed by atoms with Crippen LogP contribution in [0.2, 0.25) is 0 Å². The van der Waals surface area contributed by atoms with Crippen LogP contribution in [0.5, 0.6) is 0 Å². The van der Waals surface area contributed by atoms with E-state index < -0.39 is 17.7 Å². The lowest BCUT2D eigenvalue weighted by atomic mass is 10.0. The molecule has 7 nitrogen and oxygen atoms in total. The summed E-state index contributed by atoms with van der Waals surface area (Å²) in [5, 5.41) is 5.57. The summed E-state index contributed by atoms with van der Waals surface area (Å²) in [4.78, 5) is 40.5. The van der Waals surface area contributed by atoms with Crippen molar-refractivity contribution in [2.45, 2.75) is 105 Å². The number of alkyl carbamates (subject to hydrolysis) is 1. The van der Waals surface area contributed by atoms with Gasteiger partial charge < -0.3 is 20.3 Å². The molecule has 1 aromatic rings. The summed E-state index contributed by atoms with van der Waals surface area (Å²) in [6.45, 7) is 12.3. The third-order valence-electron chi connectivity index (χ3n) is 5.60. The second-order valence-electron chi connectivity index (χ2n) is 10.2. The molecule has 0 saturated carbocycles. The van der Waals surface area contributed by atoms with E-state index in [1.807, 2.05) is 31.2 Å². The van der Waals surface area contributed by atoms with Gasteiger partial charge in [0.05, 0.1) is 0 Å². The highest BCUT2D eigenvalue weighted by molar-refractivity contribution is 5.90. The van der Waals surface area contributed by atoms with Crippen LogP contribution in [-0.2, 0) is 14.3 Å². The van der Waals surface area contributed by atoms with E-state index in [0.717, 1.165) is 43.2 Å². The SMILES string of the molecule is CCCCCCCCN(C(=O)CNC(=O)OC(C)(C)C)C(C(=O)NCCCC)c1cccc(C)c1. The Morgan fingerprint density at radius 3 is 2.23 bits per heavy atom. The Morgan fingerprint density at radius 2 is 1.60 bits per heavy atom. The number of hydrogen-bond acceptors (Lipinski definition) is 4. The van der Waals surface area contributed by atoms with E-state index in [0.29, 0.717) is 13.1 Å². The Kier molecular flexibility index (Phi) is 14.1. The van der Waals surface area contributed by atoms with Crippen LogP contribution in [0, 0.1) is 6.92 Å². The Balaban J connectivity index is 3.10. The number of amides is 3. The monoisotopic (exact) mass is 489 g/mol. The molecule has 0 radical (unpaired) electrons. The molecule has 0 bridgehead atoms. The van der Waals surface area contributed by atoms with Crippen LogP contribution >= 0.6 is 0 Å². The molecule has 1 unspecified atom stereocenters. The number of ether oxygens (including phenoxy) is 1. The average molecular weight is 490 g/mol. The standard InChI is InChI=1S/C28H47N3O4/c1-7-9-11-12-13-14-19-31(24(32)21-30-27(34)35-28(4,5)6)25(26(33)29-18-10-8-2)23-17-15-16-22(3)20-23/h15-17,20,25H,7-14,18-19,21H2,1-6H3,(H,29,33)(H,30,34). The molecule has 1 aromatic carbocycles. The van der Waals surface area contributed by atoms with E-state index in [-0.39, 0.29) is 18.4 Å². The van der Waals surface area contributed by atoms with E-state index in [9.17, 15) is 14.4 Å². The number of carbonyl (C=O) groups excluding carboxylic acids is 3. The quantitative estimate of drug-likeness (QED) is 0.311. The molecule has 3 amide bonds. The third-order valence-corrected chi connectivity index (χ3v) is 5.60. The lowest BCUT2D eigenvalue weighted by Crippen LogP contribution is -2.48. The minimum atomic E-state index is -0.754. The highest BCUT2D eigenvalue weighted by Gasteiger charge is 2.31. The second kappa shape index (κ2) is 16.2. The molecule has 2 N–H and O–H groups in total. The number of aryl methyl sites for hydroxylation is 1. The first kappa shape index (κ1) is 30.5. The third kappa shape index (κ3) is 12.6. The summed E-state index contributed by atoms with van der Waals surface area (Å²) in [7, 11) is 0. The van der Waals surface area contributed by atoms with Gasteiger partial charge in [0.1, 0.15) is 18.2 Å². The molecule has 0 saturated heterocycles. The maximum Gasteiger partial charge on any atom is 0.408 e. The van der Waals surface area contributed by atoms with Crippen LogP contribution < -0.4 is 10.6 Å². The van der Waals surface area contributed by atoms with E-state index >= 15 is 0 Å². The molecule has 7 heteroatoms. The highest BCUT2D eigenvalue weighted by atomic mass is 16.6. The predicted molar refractivity (Wildman–Crippen MR) is 141 cm³/mol. The van der Waals surface area contributed by atoms with Crippen LogP contribution in [0.15, 0.2) is 24.3 Å². The summed E-state index contributed by atoms with van der Waals surface area (Å²) in [6, 6.07) is 6.96. The molecule has 198 valence electrons. The summed E-state index contributed by atoms with van der Waals surface area (Å²) in [5.41, 5.74) is 1.14. The molecule has 0 aliphatic carbocycles. The zero-order valence-corrected chi connectivity index (χ0v) is 22.7. The number of benzene rings is 1. The van der Waals surface area contributed by atoms with Crippen LogP contribution in [-0.4, -0.2) is 48.0 Å². The molecule has 0 heterocycles. The van der Waals surface area contributed by atoms with Crippen molar-refractivity contribution in [3.05, 3.63) is 35.4 Å². The summed E-state index contributed by atoms with van der Waals surface area (Å²) < 4.78 is 5.28. The Hall–Kier alpha value is -2.57. The second-order valence-corrected chi connectivity index (χ2v) is 10.2. The number of nitrogens with zero attached hydrogens (tertiary/aromatic N) is 1. The van der Waals surface area contributed by atoms with Crippen molar-refractivity contribution in [3.8, 4) is 0 Å². The van der Waals surface area contributed by atoms with Gasteiger partial charge in [-0.15, -0.1) is 0 Å². The van der Waals surface area contributed by atoms with Crippen molar-refractivity contribution in [2.75, 3.05) is 19.6 Å². The molecule has 0 fully saturated rings. The fourth-order valence-electron chi connectivity index (χ4n) is 3.82. The van der Waals surface area contributed by atoms with Crippen molar-refractivity contribution < 1.29 is 19.1 Å². The fraction of sp³-hybridized carbons (Fsp3) is 0.679. The van der Waals surface area contributed by atoms with Crippen molar-refractivity contribution in [2.24, 2.45) is 0 Å². The van der Waals surface area contributed by atoms with Gasteiger partial charge in [0.15, 0.2) is 0 Å². The molecule has 0 aliphatic heterocycles. The van der Waals surface area contributed by atoms with Crippen LogP contribution in [0.3, 0.4) is 0 Å². The molecule has 0 aromatic heterocycles. The predicted octanol–water partition coefficient (Wildman–Crippen LogP) is 5.67. The number of carbonyl (C=O) groups is 3. The molecule has 0 aliphatic rings. The van der Waals surface area contributed by atoms with Crippen LogP contribution in [0.25, 0.3) is 0 Å². The van der Waals surface area contributed by atoms with Gasteiger partial charge in [-0.1, -0.05) is 82.2 Å². The van der Waals surface area contributed by atoms with Gasteiger partial charge >= 0.3 is 6.09 Å². The van der Waals surface area contributed by atoms with E-state index in [4.69, 9.17) is 4.74 Å². The number of nitrogens with one attached hydrogen (secondary N) is 2. The summed E-state index contributed by atoms with van der Waals surface area (Å²) in [6.07, 6.45) is 7.63. The number of hydrogen-bond donors (Lipinski definition) is 2. The number of unbranched alkanes of at least 4 members (excludes halogenated alkanes) is 6. The first-order valence-electron chi connectivity index (χ1n) is 13.2. The molecular weight excluding hydrogens is 442 g/mol. The minimum Gasteiger partial charge on any atom is -0.444 e. The van der Waals surface area contributed by atoms with Gasteiger partial charge in [0.25, 0.3) is 0 Å². The Morgan fingerprint density at radius 1 is 0.943 bits per heavy atom. The maximum atomic E-state index is 13.4. The molecule has 0 spiro atoms. The smallest absolute Gasteiger partial charge is 0.408 e. The van der Waals surface area contributed by atoms with Gasteiger partial charge in [0, 0.05) is 13.1 Å². The normalized spacial score (nSPS) is 12.1. The van der Waals surface area contributed by atoms with Gasteiger partial charge in [-0.2, -0.15) is 0 Å². The van der Waals surface area contributed by atoms with E-state index in [1.165, 1.54) is 19.3 Å². The lowest BCUT2D eigenvalue weighted by molar-refractivity contribution is -0.140. The van der Waals surface area contributed by atoms with E-state index in [1.54, 1.807) is 25.7 Å². The maximum absolute atomic E-state index is 13.4. The topological polar surface area (TPSA) is 87.7 Å².